The van der Waals surface area contributed by atoms with Gasteiger partial charge in [-0.25, -0.2) is 4.68 Å². The van der Waals surface area contributed by atoms with Crippen molar-refractivity contribution >= 4 is 0 Å². The third-order valence-electron chi connectivity index (χ3n) is 4.00. The first-order valence-electron chi connectivity index (χ1n) is 7.67. The summed E-state index contributed by atoms with van der Waals surface area (Å²) < 4.78 is 1.97. The fraction of sp³-hybridized carbons (Fsp3) is 0.500. The van der Waals surface area contributed by atoms with Crippen LogP contribution in [0.2, 0.25) is 0 Å². The van der Waals surface area contributed by atoms with Crippen LogP contribution in [0.1, 0.15) is 31.0 Å². The Morgan fingerprint density at radius 1 is 1.24 bits per heavy atom. The van der Waals surface area contributed by atoms with Crippen LogP contribution in [0.5, 0.6) is 0 Å². The molecular formula is C16H23N5. The molecule has 1 N–H and O–H groups in total. The molecule has 1 aliphatic heterocycles. The zero-order valence-corrected chi connectivity index (χ0v) is 12.8. The van der Waals surface area contributed by atoms with Crippen LogP contribution >= 0.6 is 0 Å². The quantitative estimate of drug-likeness (QED) is 0.930. The van der Waals surface area contributed by atoms with Crippen molar-refractivity contribution in [1.29, 1.82) is 0 Å². The average Bonchev–Trinajstić information content (AvgIpc) is 2.96. The highest BCUT2D eigenvalue weighted by Gasteiger charge is 2.14. The van der Waals surface area contributed by atoms with Crippen molar-refractivity contribution in [3.8, 4) is 5.69 Å². The Bertz CT molecular complexity index is 584. The van der Waals surface area contributed by atoms with Gasteiger partial charge in [0.25, 0.3) is 0 Å². The normalized spacial score (nSPS) is 16.5. The molecule has 1 fully saturated rings. The van der Waals surface area contributed by atoms with Gasteiger partial charge in [0.05, 0.1) is 17.6 Å². The molecule has 0 spiro atoms. The maximum Gasteiger partial charge on any atom is 0.0786 e. The van der Waals surface area contributed by atoms with Crippen LogP contribution in [0.25, 0.3) is 5.69 Å². The van der Waals surface area contributed by atoms with E-state index in [1.54, 1.807) is 0 Å². The molecule has 0 unspecified atom stereocenters. The summed E-state index contributed by atoms with van der Waals surface area (Å²) in [5, 5.41) is 11.8. The molecule has 3 rings (SSSR count). The minimum atomic E-state index is 0.519. The summed E-state index contributed by atoms with van der Waals surface area (Å²) in [4.78, 5) is 2.44. The number of hydrogen-bond acceptors (Lipinski definition) is 4. The number of benzene rings is 1. The largest absolute Gasteiger partial charge is 0.314 e. The number of hydrogen-bond donors (Lipinski definition) is 1. The summed E-state index contributed by atoms with van der Waals surface area (Å²) in [6.45, 7) is 9.61. The number of piperazine rings is 1. The van der Waals surface area contributed by atoms with Gasteiger partial charge < -0.3 is 5.32 Å². The van der Waals surface area contributed by atoms with E-state index in [-0.39, 0.29) is 0 Å². The molecule has 21 heavy (non-hydrogen) atoms. The van der Waals surface area contributed by atoms with E-state index in [1.165, 1.54) is 5.56 Å². The number of nitrogens with zero attached hydrogens (tertiary/aromatic N) is 4. The molecule has 0 radical (unpaired) electrons. The van der Waals surface area contributed by atoms with Crippen LogP contribution in [0.4, 0.5) is 0 Å². The van der Waals surface area contributed by atoms with Gasteiger partial charge in [-0.15, -0.1) is 5.10 Å². The van der Waals surface area contributed by atoms with Crippen molar-refractivity contribution in [2.24, 2.45) is 0 Å². The van der Waals surface area contributed by atoms with Gasteiger partial charge in [0.15, 0.2) is 0 Å². The Labute approximate surface area is 126 Å². The van der Waals surface area contributed by atoms with Crippen LogP contribution < -0.4 is 5.32 Å². The van der Waals surface area contributed by atoms with E-state index in [1.807, 2.05) is 10.9 Å². The summed E-state index contributed by atoms with van der Waals surface area (Å²) in [6, 6.07) is 8.57. The lowest BCUT2D eigenvalue weighted by Gasteiger charge is -2.27. The maximum absolute atomic E-state index is 4.28. The monoisotopic (exact) mass is 285 g/mol. The van der Waals surface area contributed by atoms with Crippen molar-refractivity contribution in [2.75, 3.05) is 26.2 Å². The Hall–Kier alpha value is -1.72. The molecule has 1 aromatic heterocycles. The van der Waals surface area contributed by atoms with Gasteiger partial charge in [-0.1, -0.05) is 31.2 Å². The topological polar surface area (TPSA) is 46.0 Å². The second kappa shape index (κ2) is 6.37. The zero-order valence-electron chi connectivity index (χ0n) is 12.8. The van der Waals surface area contributed by atoms with E-state index in [9.17, 15) is 0 Å². The van der Waals surface area contributed by atoms with Gasteiger partial charge in [0.2, 0.25) is 0 Å². The Balaban J connectivity index is 1.82. The predicted octanol–water partition coefficient (Wildman–Crippen LogP) is 1.80. The molecule has 1 aromatic carbocycles. The fourth-order valence-corrected chi connectivity index (χ4v) is 2.70. The van der Waals surface area contributed by atoms with Crippen molar-refractivity contribution in [2.45, 2.75) is 26.3 Å². The van der Waals surface area contributed by atoms with E-state index >= 15 is 0 Å². The first-order valence-corrected chi connectivity index (χ1v) is 7.67. The molecule has 0 aliphatic carbocycles. The lowest BCUT2D eigenvalue weighted by atomic mass is 10.0. The van der Waals surface area contributed by atoms with Gasteiger partial charge in [0.1, 0.15) is 0 Å². The van der Waals surface area contributed by atoms with Crippen molar-refractivity contribution < 1.29 is 0 Å². The van der Waals surface area contributed by atoms with E-state index in [4.69, 9.17) is 0 Å². The number of aromatic nitrogens is 3. The third kappa shape index (κ3) is 3.31. The lowest BCUT2D eigenvalue weighted by molar-refractivity contribution is 0.229. The summed E-state index contributed by atoms with van der Waals surface area (Å²) in [7, 11) is 0. The molecule has 1 saturated heterocycles. The first kappa shape index (κ1) is 14.2. The third-order valence-corrected chi connectivity index (χ3v) is 4.00. The van der Waals surface area contributed by atoms with Crippen molar-refractivity contribution in [3.63, 3.8) is 0 Å². The molecule has 112 valence electrons. The van der Waals surface area contributed by atoms with Crippen LogP contribution in [-0.2, 0) is 6.54 Å². The molecular weight excluding hydrogens is 262 g/mol. The van der Waals surface area contributed by atoms with Gasteiger partial charge in [-0.05, 0) is 23.6 Å². The SMILES string of the molecule is CC(C)c1cccc(-n2nncc2CN2CCNCC2)c1. The lowest BCUT2D eigenvalue weighted by Crippen LogP contribution is -2.43. The van der Waals surface area contributed by atoms with Crippen LogP contribution in [0.3, 0.4) is 0 Å². The summed E-state index contributed by atoms with van der Waals surface area (Å²) in [5.41, 5.74) is 3.58. The molecule has 5 heteroatoms. The van der Waals surface area contributed by atoms with Gasteiger partial charge in [0, 0.05) is 32.7 Å². The molecule has 1 aliphatic rings. The minimum Gasteiger partial charge on any atom is -0.314 e. The highest BCUT2D eigenvalue weighted by Crippen LogP contribution is 2.19. The highest BCUT2D eigenvalue weighted by atomic mass is 15.4. The van der Waals surface area contributed by atoms with E-state index in [0.717, 1.165) is 44.1 Å². The van der Waals surface area contributed by atoms with Crippen molar-refractivity contribution in [1.82, 2.24) is 25.2 Å². The molecule has 0 atom stereocenters. The molecule has 2 heterocycles. The summed E-state index contributed by atoms with van der Waals surface area (Å²) in [5.74, 6) is 0.519. The predicted molar refractivity (Wildman–Crippen MR) is 83.6 cm³/mol. The maximum atomic E-state index is 4.28. The second-order valence-electron chi connectivity index (χ2n) is 5.91. The van der Waals surface area contributed by atoms with Crippen LogP contribution in [-0.4, -0.2) is 46.1 Å². The van der Waals surface area contributed by atoms with E-state index in [2.05, 4.69) is 58.6 Å². The Morgan fingerprint density at radius 3 is 2.81 bits per heavy atom. The van der Waals surface area contributed by atoms with Gasteiger partial charge in [-0.3, -0.25) is 4.90 Å². The van der Waals surface area contributed by atoms with E-state index < -0.39 is 0 Å². The van der Waals surface area contributed by atoms with Crippen LogP contribution in [0, 0.1) is 0 Å². The minimum absolute atomic E-state index is 0.519. The van der Waals surface area contributed by atoms with Crippen molar-refractivity contribution in [3.05, 3.63) is 41.7 Å². The molecule has 2 aromatic rings. The molecule has 0 saturated carbocycles. The van der Waals surface area contributed by atoms with Crippen LogP contribution in [0.15, 0.2) is 30.5 Å². The Kier molecular flexibility index (Phi) is 4.31. The summed E-state index contributed by atoms with van der Waals surface area (Å²) >= 11 is 0. The zero-order chi connectivity index (χ0) is 14.7. The summed E-state index contributed by atoms with van der Waals surface area (Å²) in [6.07, 6.45) is 1.88. The standard InChI is InChI=1S/C16H23N5/c1-13(2)14-4-3-5-15(10-14)21-16(11-18-19-21)12-20-8-6-17-7-9-20/h3-5,10-11,13,17H,6-9,12H2,1-2H3. The number of nitrogens with one attached hydrogen (secondary N) is 1. The fourth-order valence-electron chi connectivity index (χ4n) is 2.70. The smallest absolute Gasteiger partial charge is 0.0786 e. The Morgan fingerprint density at radius 2 is 2.05 bits per heavy atom. The molecule has 0 bridgehead atoms. The number of rotatable bonds is 4. The molecule has 5 nitrogen and oxygen atoms in total. The highest BCUT2D eigenvalue weighted by molar-refractivity contribution is 5.37. The molecule has 0 amide bonds. The first-order chi connectivity index (χ1) is 10.2. The van der Waals surface area contributed by atoms with E-state index in [0.29, 0.717) is 5.92 Å². The second-order valence-corrected chi connectivity index (χ2v) is 5.91. The van der Waals surface area contributed by atoms with Gasteiger partial charge in [-0.2, -0.15) is 0 Å². The van der Waals surface area contributed by atoms with Gasteiger partial charge >= 0.3 is 0 Å². The average molecular weight is 285 g/mol.